The van der Waals surface area contributed by atoms with Crippen LogP contribution in [0.1, 0.15) is 33.3 Å². The molecule has 0 aliphatic carbocycles. The number of nitrogens with zero attached hydrogens (tertiary/aromatic N) is 1. The Bertz CT molecular complexity index is 1030. The van der Waals surface area contributed by atoms with E-state index in [0.29, 0.717) is 16.5 Å². The third-order valence-electron chi connectivity index (χ3n) is 5.78. The molecule has 2 aromatic carbocycles. The highest BCUT2D eigenvalue weighted by Crippen LogP contribution is 2.37. The normalized spacial score (nSPS) is 15.1. The van der Waals surface area contributed by atoms with Gasteiger partial charge in [0.25, 0.3) is 0 Å². The molecule has 0 radical (unpaired) electrons. The largest absolute Gasteiger partial charge is 0.436 e. The van der Waals surface area contributed by atoms with Gasteiger partial charge in [-0.25, -0.2) is 4.98 Å². The van der Waals surface area contributed by atoms with Crippen LogP contribution in [0.5, 0.6) is 0 Å². The van der Waals surface area contributed by atoms with Crippen molar-refractivity contribution in [2.75, 3.05) is 0 Å². The van der Waals surface area contributed by atoms with Crippen LogP contribution in [0.15, 0.2) is 53.0 Å². The van der Waals surface area contributed by atoms with Crippen LogP contribution >= 0.6 is 11.6 Å². The zero-order valence-corrected chi connectivity index (χ0v) is 20.2. The Hall–Kier alpha value is -1.92. The van der Waals surface area contributed by atoms with E-state index in [2.05, 4.69) is 38.8 Å². The number of hydrogen-bond donors (Lipinski definition) is 1. The summed E-state index contributed by atoms with van der Waals surface area (Å²) in [5, 5.41) is 11.4. The fourth-order valence-electron chi connectivity index (χ4n) is 2.89. The summed E-state index contributed by atoms with van der Waals surface area (Å²) in [4.78, 5) is 4.66. The van der Waals surface area contributed by atoms with Crippen LogP contribution in [0.4, 0.5) is 0 Å². The van der Waals surface area contributed by atoms with Gasteiger partial charge in [0.05, 0.1) is 12.2 Å². The number of aromatic nitrogens is 1. The molecule has 3 rings (SSSR count). The maximum absolute atomic E-state index is 10.6. The van der Waals surface area contributed by atoms with Gasteiger partial charge in [0.2, 0.25) is 5.89 Å². The summed E-state index contributed by atoms with van der Waals surface area (Å²) < 4.78 is 12.2. The first-order valence-electron chi connectivity index (χ1n) is 10.2. The van der Waals surface area contributed by atoms with E-state index in [1.165, 1.54) is 0 Å². The number of para-hydroxylation sites is 1. The topological polar surface area (TPSA) is 55.5 Å². The molecule has 0 saturated carbocycles. The van der Waals surface area contributed by atoms with E-state index in [4.69, 9.17) is 20.4 Å². The lowest BCUT2D eigenvalue weighted by atomic mass is 10.1. The van der Waals surface area contributed by atoms with Crippen LogP contribution in [0, 0.1) is 0 Å². The van der Waals surface area contributed by atoms with E-state index in [9.17, 15) is 5.11 Å². The average molecular weight is 444 g/mol. The smallest absolute Gasteiger partial charge is 0.227 e. The van der Waals surface area contributed by atoms with Crippen LogP contribution in [0.3, 0.4) is 0 Å². The Morgan fingerprint density at radius 2 is 1.80 bits per heavy atom. The summed E-state index contributed by atoms with van der Waals surface area (Å²) in [6.07, 6.45) is 2.65. The predicted octanol–water partition coefficient (Wildman–Crippen LogP) is 6.93. The van der Waals surface area contributed by atoms with Gasteiger partial charge in [-0.3, -0.25) is 0 Å². The predicted molar refractivity (Wildman–Crippen MR) is 127 cm³/mol. The molecule has 0 saturated heterocycles. The third-order valence-corrected chi connectivity index (χ3v) is 10.6. The van der Waals surface area contributed by atoms with Gasteiger partial charge in [-0.05, 0) is 55.4 Å². The van der Waals surface area contributed by atoms with E-state index in [1.54, 1.807) is 6.08 Å². The average Bonchev–Trinajstić information content (AvgIpc) is 3.10. The summed E-state index contributed by atoms with van der Waals surface area (Å²) in [6, 6.07) is 13.1. The van der Waals surface area contributed by atoms with E-state index >= 15 is 0 Å². The molecule has 0 spiro atoms. The molecule has 30 heavy (non-hydrogen) atoms. The first kappa shape index (κ1) is 22.8. The van der Waals surface area contributed by atoms with Crippen molar-refractivity contribution in [3.8, 4) is 11.5 Å². The van der Waals surface area contributed by atoms with Crippen LogP contribution < -0.4 is 0 Å². The van der Waals surface area contributed by atoms with Gasteiger partial charge in [0, 0.05) is 16.1 Å². The summed E-state index contributed by atoms with van der Waals surface area (Å²) in [7, 11) is -1.95. The third kappa shape index (κ3) is 5.03. The number of rotatable bonds is 6. The van der Waals surface area contributed by atoms with Gasteiger partial charge < -0.3 is 13.9 Å². The number of aliphatic hydroxyl groups is 1. The van der Waals surface area contributed by atoms with Crippen molar-refractivity contribution in [2.45, 2.75) is 58.0 Å². The summed E-state index contributed by atoms with van der Waals surface area (Å²) in [5.74, 6) is 0.540. The standard InChI is InChI=1S/C24H30ClNO3Si/c1-16(29-30(5,6)24(2,3)4)20(27)15-12-17-8-7-9-21-22(17)26-23(28-21)18-10-13-19(25)14-11-18/h7-16,20,27H,1-6H3/b15-12-/t16-,20-/m0/s1. The Balaban J connectivity index is 1.81. The zero-order chi connectivity index (χ0) is 22.1. The highest BCUT2D eigenvalue weighted by Gasteiger charge is 2.39. The molecule has 0 fully saturated rings. The molecule has 0 bridgehead atoms. The minimum atomic E-state index is -1.95. The number of oxazole rings is 1. The highest BCUT2D eigenvalue weighted by atomic mass is 35.5. The van der Waals surface area contributed by atoms with Gasteiger partial charge in [-0.1, -0.05) is 56.7 Å². The monoisotopic (exact) mass is 443 g/mol. The van der Waals surface area contributed by atoms with Crippen LogP contribution in [-0.2, 0) is 4.43 Å². The molecule has 160 valence electrons. The zero-order valence-electron chi connectivity index (χ0n) is 18.4. The van der Waals surface area contributed by atoms with Crippen LogP contribution in [-0.4, -0.2) is 30.6 Å². The molecule has 1 heterocycles. The van der Waals surface area contributed by atoms with Gasteiger partial charge in [-0.2, -0.15) is 0 Å². The number of aliphatic hydroxyl groups excluding tert-OH is 1. The molecule has 1 N–H and O–H groups in total. The highest BCUT2D eigenvalue weighted by molar-refractivity contribution is 6.74. The second kappa shape index (κ2) is 8.67. The van der Waals surface area contributed by atoms with Gasteiger partial charge in [0.1, 0.15) is 5.52 Å². The number of fused-ring (bicyclic) bond motifs is 1. The van der Waals surface area contributed by atoms with Crippen molar-refractivity contribution >= 4 is 37.1 Å². The molecule has 0 unspecified atom stereocenters. The molecule has 0 aliphatic rings. The van der Waals surface area contributed by atoms with E-state index in [-0.39, 0.29) is 11.1 Å². The van der Waals surface area contributed by atoms with Crippen molar-refractivity contribution < 1.29 is 13.9 Å². The summed E-state index contributed by atoms with van der Waals surface area (Å²) in [6.45, 7) is 12.9. The van der Waals surface area contributed by atoms with E-state index in [0.717, 1.165) is 16.6 Å². The lowest BCUT2D eigenvalue weighted by Gasteiger charge is -2.39. The fourth-order valence-corrected chi connectivity index (χ4v) is 4.44. The molecule has 3 aromatic rings. The summed E-state index contributed by atoms with van der Waals surface area (Å²) >= 11 is 5.97. The molecule has 0 amide bonds. The maximum Gasteiger partial charge on any atom is 0.227 e. The van der Waals surface area contributed by atoms with Crippen molar-refractivity contribution in [1.82, 2.24) is 4.98 Å². The molecule has 1 aromatic heterocycles. The molecular formula is C24H30ClNO3Si. The molecular weight excluding hydrogens is 414 g/mol. The van der Waals surface area contributed by atoms with Crippen molar-refractivity contribution in [3.05, 3.63) is 59.1 Å². The fraction of sp³-hybridized carbons (Fsp3) is 0.375. The van der Waals surface area contributed by atoms with Gasteiger partial charge >= 0.3 is 0 Å². The molecule has 4 nitrogen and oxygen atoms in total. The quantitative estimate of drug-likeness (QED) is 0.419. The van der Waals surface area contributed by atoms with Crippen LogP contribution in [0.2, 0.25) is 23.2 Å². The minimum absolute atomic E-state index is 0.0923. The van der Waals surface area contributed by atoms with E-state index < -0.39 is 14.4 Å². The van der Waals surface area contributed by atoms with Gasteiger partial charge in [0.15, 0.2) is 13.9 Å². The Labute approximate surface area is 184 Å². The van der Waals surface area contributed by atoms with Crippen molar-refractivity contribution in [2.24, 2.45) is 0 Å². The minimum Gasteiger partial charge on any atom is -0.436 e. The Morgan fingerprint density at radius 3 is 2.43 bits per heavy atom. The van der Waals surface area contributed by atoms with Gasteiger partial charge in [-0.15, -0.1) is 0 Å². The Morgan fingerprint density at radius 1 is 1.13 bits per heavy atom. The Kier molecular flexibility index (Phi) is 6.58. The second-order valence-corrected chi connectivity index (χ2v) is 14.3. The van der Waals surface area contributed by atoms with Crippen molar-refractivity contribution in [3.63, 3.8) is 0 Å². The number of hydrogen-bond acceptors (Lipinski definition) is 4. The SMILES string of the molecule is C[C@H](O[Si](C)(C)C(C)(C)C)[C@@H](O)/C=C\c1cccc2oc(-c3ccc(Cl)cc3)nc12. The lowest BCUT2D eigenvalue weighted by molar-refractivity contribution is 0.0698. The maximum atomic E-state index is 10.6. The lowest BCUT2D eigenvalue weighted by Crippen LogP contribution is -2.45. The number of halogens is 1. The van der Waals surface area contributed by atoms with E-state index in [1.807, 2.05) is 55.5 Å². The summed E-state index contributed by atoms with van der Waals surface area (Å²) in [5.41, 5.74) is 3.20. The molecule has 0 aliphatic heterocycles. The number of benzene rings is 2. The van der Waals surface area contributed by atoms with Crippen molar-refractivity contribution in [1.29, 1.82) is 0 Å². The molecule has 2 atom stereocenters. The first-order valence-corrected chi connectivity index (χ1v) is 13.5. The first-order chi connectivity index (χ1) is 14.0. The van der Waals surface area contributed by atoms with Crippen LogP contribution in [0.25, 0.3) is 28.6 Å². The molecule has 6 heteroatoms. The second-order valence-electron chi connectivity index (χ2n) is 9.15.